The number of rotatable bonds is 7. The van der Waals surface area contributed by atoms with Crippen molar-refractivity contribution in [1.82, 2.24) is 19.9 Å². The van der Waals surface area contributed by atoms with Crippen LogP contribution in [0.3, 0.4) is 0 Å². The van der Waals surface area contributed by atoms with E-state index in [0.29, 0.717) is 35.3 Å². The average Bonchev–Trinajstić information content (AvgIpc) is 2.66. The van der Waals surface area contributed by atoms with Crippen LogP contribution in [0.4, 0.5) is 17.5 Å². The Kier molecular flexibility index (Phi) is 6.21. The van der Waals surface area contributed by atoms with Crippen molar-refractivity contribution in [2.45, 2.75) is 6.92 Å². The molecule has 3 aromatic rings. The number of aromatic nitrogens is 4. The molecule has 0 saturated heterocycles. The standard InChI is InChI=1S/C17H20N8OS/c1-2-27-17(19)23-11-3-5-12(6-4-11)26-10-9-22-15-13-14(21-8-7-20-13)24-16(18)25-15/h3-8H,2,9-10H2,1H3,(H2,19,23)(H3,18,21,22,24,25). The number of nitrogens with zero attached hydrogens (tertiary/aromatic N) is 5. The van der Waals surface area contributed by atoms with Gasteiger partial charge in [-0.15, -0.1) is 0 Å². The van der Waals surface area contributed by atoms with Crippen molar-refractivity contribution in [2.24, 2.45) is 10.7 Å². The third-order valence-corrected chi connectivity index (χ3v) is 4.06. The number of nitrogens with one attached hydrogen (secondary N) is 1. The van der Waals surface area contributed by atoms with E-state index in [1.54, 1.807) is 12.4 Å². The lowest BCUT2D eigenvalue weighted by atomic mass is 10.3. The van der Waals surface area contributed by atoms with Gasteiger partial charge in [0, 0.05) is 12.4 Å². The fourth-order valence-electron chi connectivity index (χ4n) is 2.27. The van der Waals surface area contributed by atoms with Gasteiger partial charge in [0.1, 0.15) is 12.4 Å². The number of ether oxygens (including phenoxy) is 1. The number of nitrogen functional groups attached to an aromatic ring is 1. The normalized spacial score (nSPS) is 11.5. The van der Waals surface area contributed by atoms with Crippen molar-refractivity contribution in [1.29, 1.82) is 0 Å². The Bertz CT molecular complexity index is 932. The van der Waals surface area contributed by atoms with Crippen molar-refractivity contribution < 1.29 is 4.74 Å². The predicted molar refractivity (Wildman–Crippen MR) is 109 cm³/mol. The second kappa shape index (κ2) is 8.99. The van der Waals surface area contributed by atoms with E-state index in [1.165, 1.54) is 11.8 Å². The molecule has 0 radical (unpaired) electrons. The minimum absolute atomic E-state index is 0.142. The molecule has 9 nitrogen and oxygen atoms in total. The molecule has 10 heteroatoms. The number of anilines is 2. The Balaban J connectivity index is 1.54. The van der Waals surface area contributed by atoms with Crippen molar-refractivity contribution in [3.8, 4) is 5.75 Å². The van der Waals surface area contributed by atoms with Gasteiger partial charge in [-0.05, 0) is 30.0 Å². The first-order valence-corrected chi connectivity index (χ1v) is 9.32. The molecule has 0 atom stereocenters. The third kappa shape index (κ3) is 5.17. The Labute approximate surface area is 160 Å². The first-order chi connectivity index (χ1) is 13.2. The summed E-state index contributed by atoms with van der Waals surface area (Å²) in [7, 11) is 0. The fourth-order valence-corrected chi connectivity index (χ4v) is 2.73. The molecule has 0 unspecified atom stereocenters. The summed E-state index contributed by atoms with van der Waals surface area (Å²) < 4.78 is 5.72. The SMILES string of the molecule is CCSC(N)=Nc1ccc(OCCNc2nc(N)nc3nccnc23)cc1. The quantitative estimate of drug-likeness (QED) is 0.318. The number of benzene rings is 1. The van der Waals surface area contributed by atoms with E-state index in [4.69, 9.17) is 16.2 Å². The van der Waals surface area contributed by atoms with Gasteiger partial charge < -0.3 is 21.5 Å². The largest absolute Gasteiger partial charge is 0.492 e. The lowest BCUT2D eigenvalue weighted by Crippen LogP contribution is -2.14. The maximum absolute atomic E-state index is 5.80. The highest BCUT2D eigenvalue weighted by atomic mass is 32.2. The highest BCUT2D eigenvalue weighted by Crippen LogP contribution is 2.20. The van der Waals surface area contributed by atoms with E-state index >= 15 is 0 Å². The van der Waals surface area contributed by atoms with E-state index in [2.05, 4.69) is 30.2 Å². The van der Waals surface area contributed by atoms with Crippen LogP contribution in [0.25, 0.3) is 11.2 Å². The Morgan fingerprint density at radius 3 is 2.74 bits per heavy atom. The van der Waals surface area contributed by atoms with Crippen LogP contribution >= 0.6 is 11.8 Å². The van der Waals surface area contributed by atoms with Crippen LogP contribution in [0.15, 0.2) is 41.7 Å². The van der Waals surface area contributed by atoms with Crippen LogP contribution in [0, 0.1) is 0 Å². The molecule has 0 bridgehead atoms. The van der Waals surface area contributed by atoms with Gasteiger partial charge in [0.15, 0.2) is 22.1 Å². The molecule has 0 saturated carbocycles. The smallest absolute Gasteiger partial charge is 0.224 e. The molecule has 1 aromatic carbocycles. The average molecular weight is 384 g/mol. The number of nitrogens with two attached hydrogens (primary N) is 2. The number of hydrogen-bond donors (Lipinski definition) is 3. The van der Waals surface area contributed by atoms with Crippen LogP contribution in [0.5, 0.6) is 5.75 Å². The van der Waals surface area contributed by atoms with Crippen LogP contribution in [-0.4, -0.2) is 44.0 Å². The third-order valence-electron chi connectivity index (χ3n) is 3.38. The molecule has 27 heavy (non-hydrogen) atoms. The summed E-state index contributed by atoms with van der Waals surface area (Å²) in [6.45, 7) is 2.98. The first-order valence-electron chi connectivity index (χ1n) is 8.33. The molecule has 2 heterocycles. The molecule has 0 aliphatic rings. The molecule has 3 rings (SSSR count). The van der Waals surface area contributed by atoms with Gasteiger partial charge in [-0.25, -0.2) is 15.0 Å². The van der Waals surface area contributed by atoms with E-state index in [1.807, 2.05) is 31.2 Å². The molecular formula is C17H20N8OS. The van der Waals surface area contributed by atoms with Gasteiger partial charge in [-0.3, -0.25) is 0 Å². The van der Waals surface area contributed by atoms with E-state index < -0.39 is 0 Å². The minimum Gasteiger partial charge on any atom is -0.492 e. The Hall–Kier alpha value is -3.14. The number of hydrogen-bond acceptors (Lipinski definition) is 9. The Morgan fingerprint density at radius 1 is 1.19 bits per heavy atom. The van der Waals surface area contributed by atoms with E-state index in [9.17, 15) is 0 Å². The van der Waals surface area contributed by atoms with Gasteiger partial charge in [0.2, 0.25) is 5.95 Å². The highest BCUT2D eigenvalue weighted by molar-refractivity contribution is 8.13. The molecule has 0 aliphatic heterocycles. The van der Waals surface area contributed by atoms with E-state index in [0.717, 1.165) is 17.2 Å². The van der Waals surface area contributed by atoms with Crippen LogP contribution in [0.2, 0.25) is 0 Å². The van der Waals surface area contributed by atoms with Crippen molar-refractivity contribution >= 4 is 45.5 Å². The fraction of sp³-hybridized carbons (Fsp3) is 0.235. The Morgan fingerprint density at radius 2 is 1.96 bits per heavy atom. The second-order valence-corrected chi connectivity index (χ2v) is 6.60. The van der Waals surface area contributed by atoms with Gasteiger partial charge in [-0.2, -0.15) is 9.97 Å². The maximum Gasteiger partial charge on any atom is 0.224 e. The minimum atomic E-state index is 0.142. The lowest BCUT2D eigenvalue weighted by molar-refractivity contribution is 0.333. The molecule has 0 fully saturated rings. The zero-order chi connectivity index (χ0) is 19.1. The van der Waals surface area contributed by atoms with Crippen molar-refractivity contribution in [3.05, 3.63) is 36.7 Å². The van der Waals surface area contributed by atoms with E-state index in [-0.39, 0.29) is 5.95 Å². The topological polar surface area (TPSA) is 137 Å². The summed E-state index contributed by atoms with van der Waals surface area (Å²) in [6.07, 6.45) is 3.14. The highest BCUT2D eigenvalue weighted by Gasteiger charge is 2.07. The molecule has 0 spiro atoms. The van der Waals surface area contributed by atoms with Gasteiger partial charge >= 0.3 is 0 Å². The number of amidine groups is 1. The molecular weight excluding hydrogens is 364 g/mol. The van der Waals surface area contributed by atoms with Crippen LogP contribution in [-0.2, 0) is 0 Å². The monoisotopic (exact) mass is 384 g/mol. The summed E-state index contributed by atoms with van der Waals surface area (Å²) in [4.78, 5) is 20.9. The molecule has 2 aromatic heterocycles. The molecule has 0 aliphatic carbocycles. The van der Waals surface area contributed by atoms with Crippen LogP contribution in [0.1, 0.15) is 6.92 Å². The van der Waals surface area contributed by atoms with Crippen molar-refractivity contribution in [2.75, 3.05) is 30.0 Å². The zero-order valence-electron chi connectivity index (χ0n) is 14.8. The lowest BCUT2D eigenvalue weighted by Gasteiger charge is -2.10. The zero-order valence-corrected chi connectivity index (χ0v) is 15.6. The summed E-state index contributed by atoms with van der Waals surface area (Å²) in [5.41, 5.74) is 13.3. The number of aliphatic imine (C=N–C) groups is 1. The summed E-state index contributed by atoms with van der Waals surface area (Å²) >= 11 is 1.51. The number of fused-ring (bicyclic) bond motifs is 1. The van der Waals surface area contributed by atoms with Gasteiger partial charge in [0.05, 0.1) is 12.2 Å². The second-order valence-electron chi connectivity index (χ2n) is 5.31. The molecule has 0 amide bonds. The summed E-state index contributed by atoms with van der Waals surface area (Å²) in [6, 6.07) is 7.43. The first kappa shape index (κ1) is 18.6. The number of thioether (sulfide) groups is 1. The summed E-state index contributed by atoms with van der Waals surface area (Å²) in [5, 5.41) is 3.70. The van der Waals surface area contributed by atoms with Gasteiger partial charge in [-0.1, -0.05) is 18.7 Å². The van der Waals surface area contributed by atoms with Crippen LogP contribution < -0.4 is 21.5 Å². The molecule has 5 N–H and O–H groups in total. The van der Waals surface area contributed by atoms with Gasteiger partial charge in [0.25, 0.3) is 0 Å². The molecule has 140 valence electrons. The predicted octanol–water partition coefficient (Wildman–Crippen LogP) is 2.19. The maximum atomic E-state index is 5.80. The van der Waals surface area contributed by atoms with Crippen molar-refractivity contribution in [3.63, 3.8) is 0 Å². The summed E-state index contributed by atoms with van der Waals surface area (Å²) in [5.74, 6) is 2.30.